The molecular weight excluding hydrogens is 318 g/mol. The van der Waals surface area contributed by atoms with Crippen LogP contribution in [0.2, 0.25) is 0 Å². The van der Waals surface area contributed by atoms with Crippen LogP contribution in [0.15, 0.2) is 29.0 Å². The van der Waals surface area contributed by atoms with Gasteiger partial charge in [-0.25, -0.2) is 17.7 Å². The van der Waals surface area contributed by atoms with E-state index in [1.54, 1.807) is 0 Å². The molecule has 1 amide bonds. The minimum absolute atomic E-state index is 0.0317. The molecule has 1 aliphatic heterocycles. The molecule has 1 aromatic carbocycles. The van der Waals surface area contributed by atoms with Gasteiger partial charge in [0, 0.05) is 25.6 Å². The van der Waals surface area contributed by atoms with Crippen molar-refractivity contribution in [3.8, 4) is 0 Å². The van der Waals surface area contributed by atoms with E-state index >= 15 is 0 Å². The van der Waals surface area contributed by atoms with Crippen LogP contribution in [0.1, 0.15) is 18.4 Å². The molecule has 0 bridgehead atoms. The van der Waals surface area contributed by atoms with Gasteiger partial charge in [-0.1, -0.05) is 6.07 Å². The van der Waals surface area contributed by atoms with Gasteiger partial charge in [-0.3, -0.25) is 4.79 Å². The summed E-state index contributed by atoms with van der Waals surface area (Å²) in [5.74, 6) is -0.169. The van der Waals surface area contributed by atoms with Crippen molar-refractivity contribution in [3.63, 3.8) is 0 Å². The van der Waals surface area contributed by atoms with Crippen LogP contribution >= 0.6 is 0 Å². The third-order valence-electron chi connectivity index (χ3n) is 4.16. The molecule has 8 heteroatoms. The van der Waals surface area contributed by atoms with Gasteiger partial charge in [0.15, 0.2) is 12.0 Å². The highest BCUT2D eigenvalue weighted by atomic mass is 32.2. The van der Waals surface area contributed by atoms with Crippen LogP contribution < -0.4 is 5.32 Å². The molecule has 2 aromatic rings. The van der Waals surface area contributed by atoms with E-state index in [1.807, 2.05) is 18.2 Å². The largest absolute Gasteiger partial charge is 0.443 e. The first-order valence-corrected chi connectivity index (χ1v) is 9.33. The van der Waals surface area contributed by atoms with E-state index in [2.05, 4.69) is 10.3 Å². The molecule has 3 rings (SSSR count). The van der Waals surface area contributed by atoms with Crippen molar-refractivity contribution < 1.29 is 17.6 Å². The zero-order valence-electron chi connectivity index (χ0n) is 12.9. The van der Waals surface area contributed by atoms with Crippen LogP contribution in [0.4, 0.5) is 0 Å². The van der Waals surface area contributed by atoms with Crippen LogP contribution in [-0.2, 0) is 21.4 Å². The van der Waals surface area contributed by atoms with Gasteiger partial charge in [0.05, 0.1) is 6.26 Å². The van der Waals surface area contributed by atoms with E-state index in [1.165, 1.54) is 17.0 Å². The lowest BCUT2D eigenvalue weighted by Gasteiger charge is -2.29. The van der Waals surface area contributed by atoms with Crippen molar-refractivity contribution in [2.24, 2.45) is 5.92 Å². The third-order valence-corrected chi connectivity index (χ3v) is 5.46. The van der Waals surface area contributed by atoms with Crippen molar-refractivity contribution in [1.29, 1.82) is 0 Å². The topological polar surface area (TPSA) is 92.5 Å². The monoisotopic (exact) mass is 337 g/mol. The molecule has 0 unspecified atom stereocenters. The summed E-state index contributed by atoms with van der Waals surface area (Å²) in [6.07, 6.45) is 3.70. The zero-order valence-corrected chi connectivity index (χ0v) is 13.7. The Bertz CT molecular complexity index is 807. The van der Waals surface area contributed by atoms with Crippen molar-refractivity contribution in [2.75, 3.05) is 19.3 Å². The minimum Gasteiger partial charge on any atom is -0.443 e. The number of nitrogens with one attached hydrogen (secondary N) is 1. The summed E-state index contributed by atoms with van der Waals surface area (Å²) in [7, 11) is -3.16. The summed E-state index contributed by atoms with van der Waals surface area (Å²) in [5, 5.41) is 2.91. The second kappa shape index (κ2) is 6.29. The van der Waals surface area contributed by atoms with E-state index in [0.717, 1.165) is 11.1 Å². The van der Waals surface area contributed by atoms with Crippen LogP contribution in [0.25, 0.3) is 11.1 Å². The highest BCUT2D eigenvalue weighted by Crippen LogP contribution is 2.20. The number of hydrogen-bond donors (Lipinski definition) is 1. The van der Waals surface area contributed by atoms with Gasteiger partial charge in [-0.05, 0) is 30.5 Å². The Hall–Kier alpha value is -1.93. The number of aromatic nitrogens is 1. The van der Waals surface area contributed by atoms with E-state index in [0.29, 0.717) is 38.1 Å². The van der Waals surface area contributed by atoms with E-state index in [9.17, 15) is 13.2 Å². The van der Waals surface area contributed by atoms with Gasteiger partial charge >= 0.3 is 0 Å². The molecular formula is C15H19N3O4S. The maximum Gasteiger partial charge on any atom is 0.223 e. The molecule has 7 nitrogen and oxygen atoms in total. The predicted molar refractivity (Wildman–Crippen MR) is 85.0 cm³/mol. The molecule has 0 aliphatic carbocycles. The molecule has 0 saturated carbocycles. The second-order valence-electron chi connectivity index (χ2n) is 5.81. The van der Waals surface area contributed by atoms with Crippen LogP contribution in [0.5, 0.6) is 0 Å². The quantitative estimate of drug-likeness (QED) is 0.902. The van der Waals surface area contributed by atoms with Crippen LogP contribution in [-0.4, -0.2) is 43.0 Å². The SMILES string of the molecule is CS(=O)(=O)N1CCC(C(=O)NCc2ccc3ncoc3c2)CC1. The summed E-state index contributed by atoms with van der Waals surface area (Å²) >= 11 is 0. The van der Waals surface area contributed by atoms with Crippen molar-refractivity contribution in [2.45, 2.75) is 19.4 Å². The fraction of sp³-hybridized carbons (Fsp3) is 0.467. The Morgan fingerprint density at radius 1 is 1.39 bits per heavy atom. The molecule has 0 spiro atoms. The van der Waals surface area contributed by atoms with Crippen molar-refractivity contribution in [1.82, 2.24) is 14.6 Å². The van der Waals surface area contributed by atoms with Gasteiger partial charge in [-0.2, -0.15) is 0 Å². The van der Waals surface area contributed by atoms with Crippen LogP contribution in [0, 0.1) is 5.92 Å². The Kier molecular flexibility index (Phi) is 4.36. The molecule has 1 N–H and O–H groups in total. The number of hydrogen-bond acceptors (Lipinski definition) is 5. The number of sulfonamides is 1. The molecule has 23 heavy (non-hydrogen) atoms. The van der Waals surface area contributed by atoms with Gasteiger partial charge in [-0.15, -0.1) is 0 Å². The van der Waals surface area contributed by atoms with Gasteiger partial charge in [0.1, 0.15) is 5.52 Å². The summed E-state index contributed by atoms with van der Waals surface area (Å²) in [5.41, 5.74) is 2.42. The number of carbonyl (C=O) groups is 1. The number of amides is 1. The Morgan fingerprint density at radius 3 is 2.83 bits per heavy atom. The molecule has 1 aromatic heterocycles. The Balaban J connectivity index is 1.53. The molecule has 2 heterocycles. The van der Waals surface area contributed by atoms with Gasteiger partial charge in [0.25, 0.3) is 0 Å². The molecule has 1 fully saturated rings. The number of rotatable bonds is 4. The first-order chi connectivity index (χ1) is 10.9. The molecule has 1 saturated heterocycles. The number of nitrogens with zero attached hydrogens (tertiary/aromatic N) is 2. The molecule has 124 valence electrons. The fourth-order valence-corrected chi connectivity index (χ4v) is 3.67. The van der Waals surface area contributed by atoms with E-state index in [4.69, 9.17) is 4.42 Å². The molecule has 1 aliphatic rings. The lowest BCUT2D eigenvalue weighted by atomic mass is 9.97. The molecule has 0 radical (unpaired) electrons. The zero-order chi connectivity index (χ0) is 16.4. The predicted octanol–water partition coefficient (Wildman–Crippen LogP) is 1.12. The summed E-state index contributed by atoms with van der Waals surface area (Å²) in [6, 6.07) is 5.61. The number of benzene rings is 1. The average Bonchev–Trinajstić information content (AvgIpc) is 2.99. The highest BCUT2D eigenvalue weighted by molar-refractivity contribution is 7.88. The smallest absolute Gasteiger partial charge is 0.223 e. The van der Waals surface area contributed by atoms with Gasteiger partial charge < -0.3 is 9.73 Å². The van der Waals surface area contributed by atoms with E-state index in [-0.39, 0.29) is 11.8 Å². The van der Waals surface area contributed by atoms with E-state index < -0.39 is 10.0 Å². The number of piperidine rings is 1. The fourth-order valence-electron chi connectivity index (χ4n) is 2.79. The first-order valence-electron chi connectivity index (χ1n) is 7.48. The lowest BCUT2D eigenvalue weighted by Crippen LogP contribution is -2.42. The number of fused-ring (bicyclic) bond motifs is 1. The second-order valence-corrected chi connectivity index (χ2v) is 7.79. The normalized spacial score (nSPS) is 17.4. The third kappa shape index (κ3) is 3.70. The lowest BCUT2D eigenvalue weighted by molar-refractivity contribution is -0.126. The number of carbonyl (C=O) groups excluding carboxylic acids is 1. The van der Waals surface area contributed by atoms with Crippen LogP contribution in [0.3, 0.4) is 0 Å². The maximum atomic E-state index is 12.2. The maximum absolute atomic E-state index is 12.2. The van der Waals surface area contributed by atoms with Gasteiger partial charge in [0.2, 0.25) is 15.9 Å². The molecule has 0 atom stereocenters. The first kappa shape index (κ1) is 15.9. The highest BCUT2D eigenvalue weighted by Gasteiger charge is 2.28. The Labute approximate surface area is 134 Å². The summed E-state index contributed by atoms with van der Waals surface area (Å²) in [4.78, 5) is 16.3. The van der Waals surface area contributed by atoms with Crippen molar-refractivity contribution >= 4 is 27.0 Å². The standard InChI is InChI=1S/C15H19N3O4S/c1-23(20,21)18-6-4-12(5-7-18)15(19)16-9-11-2-3-13-14(8-11)22-10-17-13/h2-3,8,10,12H,4-7,9H2,1H3,(H,16,19). The summed E-state index contributed by atoms with van der Waals surface area (Å²) in [6.45, 7) is 1.23. The Morgan fingerprint density at radius 2 is 2.13 bits per heavy atom. The minimum atomic E-state index is -3.16. The van der Waals surface area contributed by atoms with Crippen molar-refractivity contribution in [3.05, 3.63) is 30.2 Å². The summed E-state index contributed by atoms with van der Waals surface area (Å²) < 4.78 is 29.6. The average molecular weight is 337 g/mol. The number of oxazole rings is 1.